The van der Waals surface area contributed by atoms with Crippen LogP contribution in [0.1, 0.15) is 31.4 Å². The Balaban J connectivity index is 1.69. The molecule has 1 heterocycles. The summed E-state index contributed by atoms with van der Waals surface area (Å²) in [5.74, 6) is -0.385. The van der Waals surface area contributed by atoms with E-state index in [9.17, 15) is 9.59 Å². The van der Waals surface area contributed by atoms with Crippen LogP contribution in [0.3, 0.4) is 0 Å². The topological polar surface area (TPSA) is 75.4 Å². The Morgan fingerprint density at radius 1 is 1.16 bits per heavy atom. The Morgan fingerprint density at radius 2 is 1.92 bits per heavy atom. The smallest absolute Gasteiger partial charge is 0.229 e. The summed E-state index contributed by atoms with van der Waals surface area (Å²) in [5.41, 5.74) is 8.65. The summed E-state index contributed by atoms with van der Waals surface area (Å²) in [7, 11) is 0. The highest BCUT2D eigenvalue weighted by Crippen LogP contribution is 2.25. The van der Waals surface area contributed by atoms with Crippen LogP contribution in [0.4, 0.5) is 11.4 Å². The van der Waals surface area contributed by atoms with Gasteiger partial charge < -0.3 is 16.0 Å². The van der Waals surface area contributed by atoms with Gasteiger partial charge in [0.1, 0.15) is 0 Å². The molecular formula is C20H23N3O2. The van der Waals surface area contributed by atoms with Crippen LogP contribution in [0.2, 0.25) is 0 Å². The van der Waals surface area contributed by atoms with Crippen molar-refractivity contribution in [1.29, 1.82) is 0 Å². The van der Waals surface area contributed by atoms with Gasteiger partial charge in [-0.05, 0) is 30.2 Å². The third-order valence-electron chi connectivity index (χ3n) is 4.64. The third-order valence-corrected chi connectivity index (χ3v) is 4.64. The van der Waals surface area contributed by atoms with Gasteiger partial charge in [0.25, 0.3) is 0 Å². The second-order valence-electron chi connectivity index (χ2n) is 6.41. The van der Waals surface area contributed by atoms with E-state index in [2.05, 4.69) is 5.32 Å². The molecule has 0 radical (unpaired) electrons. The maximum atomic E-state index is 12.6. The second kappa shape index (κ2) is 7.49. The first kappa shape index (κ1) is 17.2. The summed E-state index contributed by atoms with van der Waals surface area (Å²) < 4.78 is 0. The molecular weight excluding hydrogens is 314 g/mol. The van der Waals surface area contributed by atoms with Gasteiger partial charge in [-0.15, -0.1) is 0 Å². The number of benzene rings is 2. The largest absolute Gasteiger partial charge is 0.326 e. The minimum atomic E-state index is -0.375. The fourth-order valence-electron chi connectivity index (χ4n) is 3.06. The fourth-order valence-corrected chi connectivity index (χ4v) is 3.06. The number of carbonyl (C=O) groups is 2. The number of hydrogen-bond acceptors (Lipinski definition) is 3. The van der Waals surface area contributed by atoms with Gasteiger partial charge in [-0.3, -0.25) is 9.59 Å². The predicted octanol–water partition coefficient (Wildman–Crippen LogP) is 3.09. The maximum Gasteiger partial charge on any atom is 0.229 e. The minimum Gasteiger partial charge on any atom is -0.326 e. The summed E-state index contributed by atoms with van der Waals surface area (Å²) in [6.07, 6.45) is 1.46. The Labute approximate surface area is 147 Å². The van der Waals surface area contributed by atoms with Crippen molar-refractivity contribution in [3.05, 3.63) is 60.2 Å². The number of amides is 2. The van der Waals surface area contributed by atoms with Gasteiger partial charge in [0.15, 0.2) is 0 Å². The summed E-state index contributed by atoms with van der Waals surface area (Å²) in [5, 5.41) is 2.91. The van der Waals surface area contributed by atoms with Crippen LogP contribution in [0, 0.1) is 5.92 Å². The van der Waals surface area contributed by atoms with Gasteiger partial charge in [0.05, 0.1) is 5.92 Å². The predicted molar refractivity (Wildman–Crippen MR) is 99.2 cm³/mol. The number of rotatable bonds is 5. The number of hydrogen-bond donors (Lipinski definition) is 2. The standard InChI is InChI=1S/C20H23N3O2/c1-14(19(21)15-7-3-2-4-8-15)20(25)22-16-9-5-10-17(13-16)23-12-6-11-18(23)24/h2-5,7-10,13-14,19H,6,11-12,21H2,1H3,(H,22,25). The Bertz CT molecular complexity index is 761. The van der Waals surface area contributed by atoms with Crippen molar-refractivity contribution in [2.75, 3.05) is 16.8 Å². The maximum absolute atomic E-state index is 12.6. The average molecular weight is 337 g/mol. The lowest BCUT2D eigenvalue weighted by Crippen LogP contribution is -2.30. The van der Waals surface area contributed by atoms with Gasteiger partial charge in [0, 0.05) is 30.4 Å². The molecule has 3 N–H and O–H groups in total. The summed E-state index contributed by atoms with van der Waals surface area (Å²) in [6.45, 7) is 2.55. The molecule has 2 unspecified atom stereocenters. The summed E-state index contributed by atoms with van der Waals surface area (Å²) in [4.78, 5) is 26.2. The molecule has 2 aromatic rings. The SMILES string of the molecule is CC(C(=O)Nc1cccc(N2CCCC2=O)c1)C(N)c1ccccc1. The van der Waals surface area contributed by atoms with Gasteiger partial charge >= 0.3 is 0 Å². The van der Waals surface area contributed by atoms with E-state index in [4.69, 9.17) is 5.73 Å². The highest BCUT2D eigenvalue weighted by molar-refractivity contribution is 5.97. The minimum absolute atomic E-state index is 0.128. The average Bonchev–Trinajstić information content (AvgIpc) is 3.07. The van der Waals surface area contributed by atoms with Crippen LogP contribution < -0.4 is 16.0 Å². The third kappa shape index (κ3) is 3.88. The summed E-state index contributed by atoms with van der Waals surface area (Å²) in [6, 6.07) is 16.6. The molecule has 0 saturated carbocycles. The molecule has 1 aliphatic rings. The molecule has 25 heavy (non-hydrogen) atoms. The van der Waals surface area contributed by atoms with Crippen molar-refractivity contribution in [1.82, 2.24) is 0 Å². The molecule has 0 aliphatic carbocycles. The molecule has 0 spiro atoms. The van der Waals surface area contributed by atoms with E-state index in [0.717, 1.165) is 24.2 Å². The Morgan fingerprint density at radius 3 is 2.60 bits per heavy atom. The highest BCUT2D eigenvalue weighted by Gasteiger charge is 2.24. The molecule has 5 nitrogen and oxygen atoms in total. The molecule has 0 bridgehead atoms. The normalized spacial score (nSPS) is 16.6. The zero-order valence-corrected chi connectivity index (χ0v) is 14.3. The van der Waals surface area contributed by atoms with Crippen molar-refractivity contribution in [2.45, 2.75) is 25.8 Å². The van der Waals surface area contributed by atoms with Crippen molar-refractivity contribution in [3.63, 3.8) is 0 Å². The number of anilines is 2. The molecule has 0 aromatic heterocycles. The molecule has 3 rings (SSSR count). The Kier molecular flexibility index (Phi) is 5.14. The van der Waals surface area contributed by atoms with E-state index in [1.165, 1.54) is 0 Å². The van der Waals surface area contributed by atoms with Crippen molar-refractivity contribution in [3.8, 4) is 0 Å². The molecule has 1 aliphatic heterocycles. The Hall–Kier alpha value is -2.66. The molecule has 130 valence electrons. The lowest BCUT2D eigenvalue weighted by Gasteiger charge is -2.21. The second-order valence-corrected chi connectivity index (χ2v) is 6.41. The van der Waals surface area contributed by atoms with E-state index in [1.54, 1.807) is 4.90 Å². The fraction of sp³-hybridized carbons (Fsp3) is 0.300. The number of nitrogens with two attached hydrogens (primary N) is 1. The van der Waals surface area contributed by atoms with E-state index in [0.29, 0.717) is 12.1 Å². The van der Waals surface area contributed by atoms with E-state index >= 15 is 0 Å². The van der Waals surface area contributed by atoms with Crippen LogP contribution in [0.5, 0.6) is 0 Å². The number of nitrogens with zero attached hydrogens (tertiary/aromatic N) is 1. The van der Waals surface area contributed by atoms with E-state index in [-0.39, 0.29) is 23.8 Å². The number of nitrogens with one attached hydrogen (secondary N) is 1. The lowest BCUT2D eigenvalue weighted by molar-refractivity contribution is -0.120. The summed E-state index contributed by atoms with van der Waals surface area (Å²) >= 11 is 0. The van der Waals surface area contributed by atoms with Crippen LogP contribution in [0.25, 0.3) is 0 Å². The first-order chi connectivity index (χ1) is 12.1. The van der Waals surface area contributed by atoms with Crippen molar-refractivity contribution < 1.29 is 9.59 Å². The van der Waals surface area contributed by atoms with Crippen molar-refractivity contribution >= 4 is 23.2 Å². The molecule has 2 atom stereocenters. The van der Waals surface area contributed by atoms with Gasteiger partial charge in [-0.1, -0.05) is 43.3 Å². The van der Waals surface area contributed by atoms with Crippen LogP contribution >= 0.6 is 0 Å². The molecule has 1 fully saturated rings. The van der Waals surface area contributed by atoms with Gasteiger partial charge in [-0.2, -0.15) is 0 Å². The van der Waals surface area contributed by atoms with Crippen LogP contribution in [0.15, 0.2) is 54.6 Å². The quantitative estimate of drug-likeness (QED) is 0.880. The molecule has 1 saturated heterocycles. The lowest BCUT2D eigenvalue weighted by atomic mass is 9.94. The zero-order chi connectivity index (χ0) is 17.8. The molecule has 5 heteroatoms. The van der Waals surface area contributed by atoms with E-state index < -0.39 is 0 Å². The van der Waals surface area contributed by atoms with Gasteiger partial charge in [0.2, 0.25) is 11.8 Å². The molecule has 2 aromatic carbocycles. The zero-order valence-electron chi connectivity index (χ0n) is 14.3. The number of carbonyl (C=O) groups excluding carboxylic acids is 2. The van der Waals surface area contributed by atoms with Gasteiger partial charge in [-0.25, -0.2) is 0 Å². The van der Waals surface area contributed by atoms with E-state index in [1.807, 2.05) is 61.5 Å². The van der Waals surface area contributed by atoms with Crippen LogP contribution in [-0.4, -0.2) is 18.4 Å². The highest BCUT2D eigenvalue weighted by atomic mass is 16.2. The molecule has 2 amide bonds. The first-order valence-corrected chi connectivity index (χ1v) is 8.58. The van der Waals surface area contributed by atoms with Crippen LogP contribution in [-0.2, 0) is 9.59 Å². The monoisotopic (exact) mass is 337 g/mol. The first-order valence-electron chi connectivity index (χ1n) is 8.58. The van der Waals surface area contributed by atoms with Crippen molar-refractivity contribution in [2.24, 2.45) is 11.7 Å².